The maximum absolute atomic E-state index is 14.7. The maximum Gasteiger partial charge on any atom is 0.253 e. The monoisotopic (exact) mass is 362 g/mol. The normalized spacial score (nSPS) is 25.4. The number of carbonyl (C=O) groups is 2. The Hall–Kier alpha value is -2.87. The zero-order valence-electron chi connectivity index (χ0n) is 13.4. The molecule has 26 heavy (non-hydrogen) atoms. The molecule has 1 fully saturated rings. The van der Waals surface area contributed by atoms with E-state index in [9.17, 15) is 27.9 Å². The van der Waals surface area contributed by atoms with Crippen molar-refractivity contribution in [1.82, 2.24) is 10.2 Å². The van der Waals surface area contributed by atoms with Gasteiger partial charge in [0, 0.05) is 18.7 Å². The lowest BCUT2D eigenvalue weighted by molar-refractivity contribution is -0.117. The Balaban J connectivity index is 1.98. The van der Waals surface area contributed by atoms with E-state index in [0.717, 1.165) is 4.90 Å². The summed E-state index contributed by atoms with van der Waals surface area (Å²) in [4.78, 5) is 25.7. The number of nitrogens with zero attached hydrogens (tertiary/aromatic N) is 1. The number of hydrogen-bond donors (Lipinski definition) is 2. The smallest absolute Gasteiger partial charge is 0.253 e. The number of hydrogen-bond acceptors (Lipinski definition) is 5. The van der Waals surface area contributed by atoms with E-state index >= 15 is 0 Å². The zero-order chi connectivity index (χ0) is 18.6. The van der Waals surface area contributed by atoms with Gasteiger partial charge in [0.1, 0.15) is 5.82 Å². The van der Waals surface area contributed by atoms with Crippen molar-refractivity contribution in [2.24, 2.45) is 0 Å². The van der Waals surface area contributed by atoms with Gasteiger partial charge in [-0.3, -0.25) is 9.59 Å². The van der Waals surface area contributed by atoms with E-state index in [1.165, 1.54) is 12.1 Å². The first-order valence-electron chi connectivity index (χ1n) is 7.98. The fourth-order valence-corrected chi connectivity index (χ4v) is 3.53. The lowest BCUT2D eigenvalue weighted by atomic mass is 9.86. The number of Topliss-reactive ketones (excluding diaryl/α,β-unsaturated/α-hetero) is 2. The summed E-state index contributed by atoms with van der Waals surface area (Å²) in [5, 5.41) is 13.7. The second-order valence-electron chi connectivity index (χ2n) is 6.17. The van der Waals surface area contributed by atoms with Crippen molar-refractivity contribution in [2.45, 2.75) is 12.1 Å². The van der Waals surface area contributed by atoms with Crippen LogP contribution in [0, 0.1) is 0 Å². The number of benzene rings is 1. The highest BCUT2D eigenvalue weighted by molar-refractivity contribution is 6.17. The van der Waals surface area contributed by atoms with Crippen molar-refractivity contribution < 1.29 is 27.9 Å². The SMILES string of the molecule is O=C1C(F)=C(F)C2(O)C(=C1F)C(C(=O)c1ccccc1)=C1NCCCN12. The molecule has 1 aliphatic carbocycles. The van der Waals surface area contributed by atoms with Crippen LogP contribution in [-0.4, -0.2) is 40.4 Å². The fourth-order valence-electron chi connectivity index (χ4n) is 3.53. The van der Waals surface area contributed by atoms with Gasteiger partial charge in [0.15, 0.2) is 17.4 Å². The first kappa shape index (κ1) is 16.6. The molecule has 3 aliphatic rings. The first-order valence-corrected chi connectivity index (χ1v) is 7.98. The third-order valence-electron chi connectivity index (χ3n) is 4.73. The second kappa shape index (κ2) is 5.57. The molecular weight excluding hydrogens is 349 g/mol. The molecule has 2 aliphatic heterocycles. The number of aliphatic hydroxyl groups is 1. The van der Waals surface area contributed by atoms with E-state index in [0.29, 0.717) is 13.0 Å². The van der Waals surface area contributed by atoms with Gasteiger partial charge in [-0.25, -0.2) is 8.78 Å². The molecular formula is C18H13F3N2O3. The van der Waals surface area contributed by atoms with Gasteiger partial charge in [-0.05, 0) is 6.42 Å². The number of ketones is 2. The highest BCUT2D eigenvalue weighted by atomic mass is 19.2. The van der Waals surface area contributed by atoms with Gasteiger partial charge in [-0.2, -0.15) is 4.39 Å². The van der Waals surface area contributed by atoms with Gasteiger partial charge < -0.3 is 15.3 Å². The van der Waals surface area contributed by atoms with Gasteiger partial charge in [0.25, 0.3) is 5.78 Å². The van der Waals surface area contributed by atoms with Crippen LogP contribution in [0.2, 0.25) is 0 Å². The van der Waals surface area contributed by atoms with Crippen LogP contribution in [0.25, 0.3) is 0 Å². The van der Waals surface area contributed by atoms with Crippen molar-refractivity contribution in [3.8, 4) is 0 Å². The molecule has 1 aromatic rings. The molecule has 0 saturated carbocycles. The zero-order valence-corrected chi connectivity index (χ0v) is 13.4. The highest BCUT2D eigenvalue weighted by Crippen LogP contribution is 2.51. The largest absolute Gasteiger partial charge is 0.371 e. The maximum atomic E-state index is 14.7. The Labute approximate surface area is 146 Å². The van der Waals surface area contributed by atoms with Gasteiger partial charge >= 0.3 is 0 Å². The summed E-state index contributed by atoms with van der Waals surface area (Å²) in [6.45, 7) is 0.445. The summed E-state index contributed by atoms with van der Waals surface area (Å²) in [5.74, 6) is -8.02. The van der Waals surface area contributed by atoms with Crippen LogP contribution in [0.3, 0.4) is 0 Å². The lowest BCUT2D eigenvalue weighted by Gasteiger charge is -2.40. The van der Waals surface area contributed by atoms with Crippen LogP contribution in [0.15, 0.2) is 64.8 Å². The van der Waals surface area contributed by atoms with Crippen LogP contribution in [-0.2, 0) is 4.79 Å². The Morgan fingerprint density at radius 2 is 1.85 bits per heavy atom. The predicted octanol–water partition coefficient (Wildman–Crippen LogP) is 2.04. The van der Waals surface area contributed by atoms with Gasteiger partial charge in [0.2, 0.25) is 11.6 Å². The van der Waals surface area contributed by atoms with Crippen LogP contribution in [0.4, 0.5) is 13.2 Å². The van der Waals surface area contributed by atoms with Crippen molar-refractivity contribution in [2.75, 3.05) is 13.1 Å². The molecule has 0 spiro atoms. The predicted molar refractivity (Wildman–Crippen MR) is 84.5 cm³/mol. The van der Waals surface area contributed by atoms with Gasteiger partial charge in [-0.15, -0.1) is 0 Å². The minimum Gasteiger partial charge on any atom is -0.371 e. The van der Waals surface area contributed by atoms with Crippen molar-refractivity contribution in [3.63, 3.8) is 0 Å². The Morgan fingerprint density at radius 1 is 1.15 bits per heavy atom. The summed E-state index contributed by atoms with van der Waals surface area (Å²) in [5.41, 5.74) is -3.91. The van der Waals surface area contributed by atoms with Crippen molar-refractivity contribution in [1.29, 1.82) is 0 Å². The van der Waals surface area contributed by atoms with E-state index in [-0.39, 0.29) is 23.5 Å². The Kier molecular flexibility index (Phi) is 3.55. The number of carbonyl (C=O) groups excluding carboxylic acids is 2. The van der Waals surface area contributed by atoms with Gasteiger partial charge in [-0.1, -0.05) is 30.3 Å². The second-order valence-corrected chi connectivity index (χ2v) is 6.17. The van der Waals surface area contributed by atoms with Crippen LogP contribution in [0.1, 0.15) is 16.8 Å². The molecule has 0 amide bonds. The quantitative estimate of drug-likeness (QED) is 0.788. The molecule has 1 saturated heterocycles. The summed E-state index contributed by atoms with van der Waals surface area (Å²) < 4.78 is 43.1. The molecule has 1 unspecified atom stereocenters. The Morgan fingerprint density at radius 3 is 2.54 bits per heavy atom. The standard InChI is InChI=1S/C18H13F3N2O3/c19-12-11-10(14(24)9-5-2-1-3-6-9)17-22-7-4-8-23(17)18(11,26)16(21)13(20)15(12)25/h1-3,5-6,22,26H,4,7-8H2. The van der Waals surface area contributed by atoms with E-state index in [4.69, 9.17) is 0 Å². The third kappa shape index (κ3) is 1.96. The van der Waals surface area contributed by atoms with E-state index in [1.54, 1.807) is 18.2 Å². The third-order valence-corrected chi connectivity index (χ3v) is 4.73. The van der Waals surface area contributed by atoms with Crippen LogP contribution >= 0.6 is 0 Å². The molecule has 134 valence electrons. The summed E-state index contributed by atoms with van der Waals surface area (Å²) in [7, 11) is 0. The van der Waals surface area contributed by atoms with E-state index in [2.05, 4.69) is 5.32 Å². The Bertz CT molecular complexity index is 936. The molecule has 1 atom stereocenters. The summed E-state index contributed by atoms with van der Waals surface area (Å²) >= 11 is 0. The minimum atomic E-state index is -2.86. The van der Waals surface area contributed by atoms with Crippen LogP contribution in [0.5, 0.6) is 0 Å². The highest BCUT2D eigenvalue weighted by Gasteiger charge is 2.60. The summed E-state index contributed by atoms with van der Waals surface area (Å²) in [6, 6.07) is 7.78. The molecule has 2 heterocycles. The minimum absolute atomic E-state index is 0.0181. The average Bonchev–Trinajstić information content (AvgIpc) is 2.95. The number of fused-ring (bicyclic) bond motifs is 3. The topological polar surface area (TPSA) is 69.6 Å². The average molecular weight is 362 g/mol. The molecule has 1 aromatic carbocycles. The van der Waals surface area contributed by atoms with Crippen molar-refractivity contribution in [3.05, 3.63) is 70.3 Å². The van der Waals surface area contributed by atoms with E-state index < -0.39 is 40.3 Å². The molecule has 4 rings (SSSR count). The van der Waals surface area contributed by atoms with Crippen molar-refractivity contribution >= 4 is 11.6 Å². The number of allylic oxidation sites excluding steroid dienone is 2. The van der Waals surface area contributed by atoms with Gasteiger partial charge in [0.05, 0.1) is 11.1 Å². The summed E-state index contributed by atoms with van der Waals surface area (Å²) in [6.07, 6.45) is 0.441. The first-order chi connectivity index (χ1) is 12.4. The molecule has 0 bridgehead atoms. The van der Waals surface area contributed by atoms with Crippen LogP contribution < -0.4 is 5.32 Å². The number of rotatable bonds is 2. The molecule has 5 nitrogen and oxygen atoms in total. The molecule has 0 aromatic heterocycles. The molecule has 8 heteroatoms. The number of nitrogens with one attached hydrogen (secondary N) is 1. The lowest BCUT2D eigenvalue weighted by Crippen LogP contribution is -2.53. The number of halogens is 3. The molecule has 0 radical (unpaired) electrons. The van der Waals surface area contributed by atoms with E-state index in [1.807, 2.05) is 0 Å². The fraction of sp³-hybridized carbons (Fsp3) is 0.222. The molecule has 2 N–H and O–H groups in total.